The van der Waals surface area contributed by atoms with Crippen LogP contribution in [0.1, 0.15) is 63.4 Å². The van der Waals surface area contributed by atoms with E-state index < -0.39 is 6.03 Å². The van der Waals surface area contributed by atoms with Gasteiger partial charge in [0.1, 0.15) is 6.04 Å². The van der Waals surface area contributed by atoms with Gasteiger partial charge in [-0.25, -0.2) is 9.59 Å². The standard InChI is InChI=1S/C23H30N4O2/c1-16-3-2-14-27(16,23(24)29)22(28)15-17-4-6-18(7-5-17)19-8-10-20(11-9-19)21-12-13-25-26-21/h8-13,16-18H,2-7,14-15H2,1H3,(H2-,24,25,26,29)/p+1/t16-,17?,18?,27-/m1/s1. The van der Waals surface area contributed by atoms with Gasteiger partial charge in [0.05, 0.1) is 18.7 Å². The molecule has 2 aromatic rings. The lowest BCUT2D eigenvalue weighted by Crippen LogP contribution is -2.61. The van der Waals surface area contributed by atoms with Crippen LogP contribution in [0.15, 0.2) is 36.5 Å². The van der Waals surface area contributed by atoms with Gasteiger partial charge >= 0.3 is 11.9 Å². The molecule has 1 aliphatic heterocycles. The quantitative estimate of drug-likeness (QED) is 0.755. The molecule has 4 rings (SSSR count). The van der Waals surface area contributed by atoms with Gasteiger partial charge in [-0.3, -0.25) is 5.10 Å². The number of nitrogens with zero attached hydrogens (tertiary/aromatic N) is 2. The summed E-state index contributed by atoms with van der Waals surface area (Å²) in [6.45, 7) is 2.56. The van der Waals surface area contributed by atoms with Gasteiger partial charge in [-0.05, 0) is 61.6 Å². The number of urea groups is 1. The van der Waals surface area contributed by atoms with Crippen LogP contribution >= 0.6 is 0 Å². The third-order valence-electron chi connectivity index (χ3n) is 7.23. The largest absolute Gasteiger partial charge is 0.421 e. The van der Waals surface area contributed by atoms with Crippen molar-refractivity contribution in [1.29, 1.82) is 0 Å². The van der Waals surface area contributed by atoms with Crippen LogP contribution in [0.5, 0.6) is 0 Å². The molecular formula is C23H31N4O2+. The van der Waals surface area contributed by atoms with E-state index in [1.807, 2.05) is 13.0 Å². The van der Waals surface area contributed by atoms with Gasteiger partial charge in [-0.1, -0.05) is 24.3 Å². The summed E-state index contributed by atoms with van der Waals surface area (Å²) in [5, 5.41) is 7.01. The maximum Gasteiger partial charge on any atom is 0.421 e. The van der Waals surface area contributed by atoms with Crippen molar-refractivity contribution in [2.24, 2.45) is 11.7 Å². The van der Waals surface area contributed by atoms with Gasteiger partial charge in [0.15, 0.2) is 0 Å². The first-order valence-corrected chi connectivity index (χ1v) is 10.8. The van der Waals surface area contributed by atoms with Crippen LogP contribution in [0.4, 0.5) is 4.79 Å². The summed E-state index contributed by atoms with van der Waals surface area (Å²) < 4.78 is -0.130. The Labute approximate surface area is 172 Å². The maximum absolute atomic E-state index is 13.1. The molecule has 1 saturated carbocycles. The summed E-state index contributed by atoms with van der Waals surface area (Å²) in [7, 11) is 0. The molecule has 3 amide bonds. The van der Waals surface area contributed by atoms with Crippen molar-refractivity contribution in [2.75, 3.05) is 6.54 Å². The van der Waals surface area contributed by atoms with Crippen LogP contribution in [-0.4, -0.2) is 39.2 Å². The average molecular weight is 396 g/mol. The molecule has 1 saturated heterocycles. The van der Waals surface area contributed by atoms with Crippen molar-refractivity contribution < 1.29 is 14.1 Å². The highest BCUT2D eigenvalue weighted by Crippen LogP contribution is 2.39. The molecule has 2 atom stereocenters. The van der Waals surface area contributed by atoms with E-state index >= 15 is 0 Å². The van der Waals surface area contributed by atoms with E-state index in [1.54, 1.807) is 6.20 Å². The molecule has 2 fully saturated rings. The lowest BCUT2D eigenvalue weighted by Gasteiger charge is -2.34. The second kappa shape index (κ2) is 8.11. The van der Waals surface area contributed by atoms with Crippen LogP contribution in [0.3, 0.4) is 0 Å². The highest BCUT2D eigenvalue weighted by molar-refractivity contribution is 5.83. The number of benzene rings is 1. The number of carbonyl (C=O) groups excluding carboxylic acids is 2. The molecule has 2 aliphatic rings. The Morgan fingerprint density at radius 2 is 1.83 bits per heavy atom. The number of nitrogens with two attached hydrogens (primary N) is 1. The lowest BCUT2D eigenvalue weighted by atomic mass is 9.77. The fourth-order valence-corrected chi connectivity index (χ4v) is 5.36. The first-order chi connectivity index (χ1) is 14.0. The fourth-order valence-electron chi connectivity index (χ4n) is 5.36. The summed E-state index contributed by atoms with van der Waals surface area (Å²) in [6, 6.07) is 10.2. The van der Waals surface area contributed by atoms with E-state index in [1.165, 1.54) is 5.56 Å². The van der Waals surface area contributed by atoms with E-state index in [0.717, 1.165) is 49.8 Å². The monoisotopic (exact) mass is 395 g/mol. The molecule has 3 N–H and O–H groups in total. The van der Waals surface area contributed by atoms with Crippen LogP contribution < -0.4 is 5.73 Å². The molecule has 154 valence electrons. The smallest absolute Gasteiger partial charge is 0.318 e. The number of rotatable bonds is 4. The molecule has 0 unspecified atom stereocenters. The minimum Gasteiger partial charge on any atom is -0.318 e. The van der Waals surface area contributed by atoms with Crippen LogP contribution in [-0.2, 0) is 4.79 Å². The molecule has 0 spiro atoms. The Kier molecular flexibility index (Phi) is 5.54. The predicted octanol–water partition coefficient (Wildman–Crippen LogP) is 4.35. The van der Waals surface area contributed by atoms with Crippen molar-refractivity contribution in [2.45, 2.75) is 63.8 Å². The van der Waals surface area contributed by atoms with Crippen LogP contribution in [0.25, 0.3) is 11.3 Å². The number of amides is 3. The lowest BCUT2D eigenvalue weighted by molar-refractivity contribution is -0.784. The van der Waals surface area contributed by atoms with E-state index in [2.05, 4.69) is 34.5 Å². The zero-order valence-electron chi connectivity index (χ0n) is 17.1. The van der Waals surface area contributed by atoms with Crippen LogP contribution in [0.2, 0.25) is 0 Å². The SMILES string of the molecule is C[C@@H]1CCC[N@+]1(C(N)=O)C(=O)CC1CCC(c2ccc(-c3ccn[nH]3)cc2)CC1. The molecule has 6 nitrogen and oxygen atoms in total. The second-order valence-corrected chi connectivity index (χ2v) is 8.83. The van der Waals surface area contributed by atoms with E-state index in [-0.39, 0.29) is 16.4 Å². The molecule has 0 radical (unpaired) electrons. The van der Waals surface area contributed by atoms with Gasteiger partial charge < -0.3 is 5.73 Å². The third kappa shape index (κ3) is 3.73. The number of imide groups is 1. The Morgan fingerprint density at radius 3 is 2.38 bits per heavy atom. The number of aromatic nitrogens is 2. The number of hydrogen-bond donors (Lipinski definition) is 2. The normalized spacial score (nSPS) is 29.6. The van der Waals surface area contributed by atoms with Crippen molar-refractivity contribution >= 4 is 11.9 Å². The zero-order chi connectivity index (χ0) is 20.4. The highest BCUT2D eigenvalue weighted by Gasteiger charge is 2.51. The summed E-state index contributed by atoms with van der Waals surface area (Å²) in [4.78, 5) is 25.2. The number of hydrogen-bond acceptors (Lipinski definition) is 3. The van der Waals surface area contributed by atoms with Crippen molar-refractivity contribution in [3.63, 3.8) is 0 Å². The third-order valence-corrected chi connectivity index (χ3v) is 7.23. The molecule has 1 aromatic carbocycles. The Bertz CT molecular complexity index is 854. The number of carbonyl (C=O) groups is 2. The predicted molar refractivity (Wildman–Crippen MR) is 112 cm³/mol. The number of likely N-dealkylation sites (tertiary alicyclic amines) is 1. The van der Waals surface area contributed by atoms with Gasteiger partial charge in [-0.2, -0.15) is 9.58 Å². The Hall–Kier alpha value is -2.47. The minimum absolute atomic E-state index is 0.0183. The minimum atomic E-state index is -0.467. The first-order valence-electron chi connectivity index (χ1n) is 10.8. The van der Waals surface area contributed by atoms with Gasteiger partial charge in [-0.15, -0.1) is 0 Å². The number of quaternary nitrogens is 1. The van der Waals surface area contributed by atoms with E-state index in [0.29, 0.717) is 24.8 Å². The first kappa shape index (κ1) is 19.8. The molecule has 29 heavy (non-hydrogen) atoms. The van der Waals surface area contributed by atoms with Crippen molar-refractivity contribution in [3.8, 4) is 11.3 Å². The fraction of sp³-hybridized carbons (Fsp3) is 0.522. The average Bonchev–Trinajstić information content (AvgIpc) is 3.39. The number of primary amides is 1. The topological polar surface area (TPSA) is 88.8 Å². The maximum atomic E-state index is 13.1. The Morgan fingerprint density at radius 1 is 1.10 bits per heavy atom. The summed E-state index contributed by atoms with van der Waals surface area (Å²) in [5.74, 6) is 0.946. The summed E-state index contributed by atoms with van der Waals surface area (Å²) in [6.07, 6.45) is 8.30. The summed E-state index contributed by atoms with van der Waals surface area (Å²) >= 11 is 0. The molecule has 0 bridgehead atoms. The molecular weight excluding hydrogens is 364 g/mol. The number of aromatic amines is 1. The van der Waals surface area contributed by atoms with Crippen LogP contribution in [0, 0.1) is 5.92 Å². The second-order valence-electron chi connectivity index (χ2n) is 8.83. The Balaban J connectivity index is 1.35. The number of H-pyrrole nitrogens is 1. The molecule has 6 heteroatoms. The molecule has 1 aliphatic carbocycles. The van der Waals surface area contributed by atoms with Gasteiger partial charge in [0.25, 0.3) is 0 Å². The zero-order valence-corrected chi connectivity index (χ0v) is 17.1. The van der Waals surface area contributed by atoms with Crippen molar-refractivity contribution in [1.82, 2.24) is 10.2 Å². The van der Waals surface area contributed by atoms with E-state index in [9.17, 15) is 9.59 Å². The molecule has 1 aromatic heterocycles. The number of nitrogens with one attached hydrogen (secondary N) is 1. The van der Waals surface area contributed by atoms with Gasteiger partial charge in [0, 0.05) is 19.0 Å². The highest BCUT2D eigenvalue weighted by atomic mass is 16.2. The molecule has 2 heterocycles. The van der Waals surface area contributed by atoms with Gasteiger partial charge in [0.2, 0.25) is 0 Å². The van der Waals surface area contributed by atoms with E-state index in [4.69, 9.17) is 5.73 Å². The van der Waals surface area contributed by atoms with Crippen molar-refractivity contribution in [3.05, 3.63) is 42.1 Å². The summed E-state index contributed by atoms with van der Waals surface area (Å²) in [5.41, 5.74) is 9.22.